The Hall–Kier alpha value is -3.12. The van der Waals surface area contributed by atoms with Crippen LogP contribution in [-0.2, 0) is 20.9 Å². The molecule has 0 spiro atoms. The molecule has 2 fully saturated rings. The Morgan fingerprint density at radius 2 is 1.49 bits per heavy atom. The number of halogens is 1. The first-order chi connectivity index (χ1) is 21.5. The van der Waals surface area contributed by atoms with E-state index in [1.54, 1.807) is 6.92 Å². The van der Waals surface area contributed by atoms with Crippen molar-refractivity contribution in [2.75, 3.05) is 13.7 Å². The molecule has 7 unspecified atom stereocenters. The number of aromatic nitrogens is 1. The lowest BCUT2D eigenvalue weighted by Gasteiger charge is -2.31. The van der Waals surface area contributed by atoms with E-state index in [-0.39, 0.29) is 11.9 Å². The monoisotopic (exact) mass is 672 g/mol. The Labute approximate surface area is 277 Å². The minimum Gasteiger partial charge on any atom is -0.468 e. The molecule has 2 saturated carbocycles. The molecule has 3 aromatic rings. The highest BCUT2D eigenvalue weighted by atomic mass is 79.9. The lowest BCUT2D eigenvalue weighted by Crippen LogP contribution is -2.44. The molecule has 2 aliphatic rings. The van der Waals surface area contributed by atoms with Gasteiger partial charge in [0.25, 0.3) is 0 Å². The van der Waals surface area contributed by atoms with Crippen LogP contribution >= 0.6 is 15.9 Å². The van der Waals surface area contributed by atoms with Crippen molar-refractivity contribution in [3.05, 3.63) is 86.0 Å². The number of fused-ring (bicyclic) bond motifs is 3. The molecule has 45 heavy (non-hydrogen) atoms. The Bertz CT molecular complexity index is 1530. The largest absolute Gasteiger partial charge is 0.468 e. The van der Waals surface area contributed by atoms with Crippen molar-refractivity contribution in [2.45, 2.75) is 63.7 Å². The number of benzene rings is 2. The minimum atomic E-state index is -0.918. The number of nitrogens with one attached hydrogen (secondary N) is 1. The van der Waals surface area contributed by atoms with E-state index in [4.69, 9.17) is 4.74 Å². The second-order valence-electron chi connectivity index (χ2n) is 14.3. The van der Waals surface area contributed by atoms with Gasteiger partial charge in [-0.2, -0.15) is 0 Å². The Balaban J connectivity index is 1.24. The summed E-state index contributed by atoms with van der Waals surface area (Å²) in [4.78, 5) is 25.5. The van der Waals surface area contributed by atoms with Crippen molar-refractivity contribution in [3.63, 3.8) is 0 Å². The second kappa shape index (κ2) is 13.7. The molecule has 1 N–H and O–H groups in total. The van der Waals surface area contributed by atoms with Crippen molar-refractivity contribution in [3.8, 4) is 0 Å². The third-order valence-electron chi connectivity index (χ3n) is 10.5. The van der Waals surface area contributed by atoms with Gasteiger partial charge >= 0.3 is 5.97 Å². The van der Waals surface area contributed by atoms with Crippen LogP contribution in [0.1, 0.15) is 52.9 Å². The maximum absolute atomic E-state index is 13.3. The van der Waals surface area contributed by atoms with E-state index in [2.05, 4.69) is 112 Å². The van der Waals surface area contributed by atoms with E-state index in [1.807, 2.05) is 13.8 Å². The van der Waals surface area contributed by atoms with Crippen LogP contribution in [0.3, 0.4) is 0 Å². The number of nitrogens with zero attached hydrogens (tertiary/aromatic N) is 1. The van der Waals surface area contributed by atoms with Crippen molar-refractivity contribution >= 4 is 49.6 Å². The predicted octanol–water partition coefficient (Wildman–Crippen LogP) is 8.87. The van der Waals surface area contributed by atoms with Crippen LogP contribution in [0, 0.1) is 40.9 Å². The summed E-state index contributed by atoms with van der Waals surface area (Å²) in [5.74, 6) is 2.30. The van der Waals surface area contributed by atoms with Crippen LogP contribution in [0.25, 0.3) is 21.8 Å². The fourth-order valence-electron chi connectivity index (χ4n) is 8.12. The van der Waals surface area contributed by atoms with E-state index in [0.29, 0.717) is 48.5 Å². The molecule has 0 radical (unpaired) electrons. The van der Waals surface area contributed by atoms with Crippen LogP contribution < -0.4 is 5.32 Å². The van der Waals surface area contributed by atoms with Crippen LogP contribution in [0.5, 0.6) is 0 Å². The molecule has 240 valence electrons. The quantitative estimate of drug-likeness (QED) is 0.119. The number of para-hydroxylation sites is 2. The number of ether oxygens (including phenoxy) is 1. The number of carbonyl (C=O) groups is 2. The maximum atomic E-state index is 13.3. The van der Waals surface area contributed by atoms with Gasteiger partial charge in [0.15, 0.2) is 0 Å². The zero-order chi connectivity index (χ0) is 32.4. The van der Waals surface area contributed by atoms with Gasteiger partial charge in [0.1, 0.15) is 4.32 Å². The summed E-state index contributed by atoms with van der Waals surface area (Å²) in [7, 11) is 1.37. The smallest absolute Gasteiger partial charge is 0.322 e. The Morgan fingerprint density at radius 1 is 0.889 bits per heavy atom. The molecule has 0 aliphatic heterocycles. The number of esters is 1. The molecule has 5 nitrogen and oxygen atoms in total. The number of amides is 1. The van der Waals surface area contributed by atoms with E-state index >= 15 is 0 Å². The van der Waals surface area contributed by atoms with Crippen molar-refractivity contribution in [1.29, 1.82) is 0 Å². The van der Waals surface area contributed by atoms with E-state index in [9.17, 15) is 9.59 Å². The van der Waals surface area contributed by atoms with Crippen molar-refractivity contribution in [2.24, 2.45) is 40.9 Å². The molecule has 7 atom stereocenters. The summed E-state index contributed by atoms with van der Waals surface area (Å²) in [6, 6.07) is 17.5. The van der Waals surface area contributed by atoms with Crippen LogP contribution in [0.2, 0.25) is 0 Å². The zero-order valence-corrected chi connectivity index (χ0v) is 28.9. The maximum Gasteiger partial charge on any atom is 0.322 e. The van der Waals surface area contributed by atoms with Crippen LogP contribution in [-0.4, -0.2) is 34.4 Å². The molecular weight excluding hydrogens is 624 g/mol. The summed E-state index contributed by atoms with van der Waals surface area (Å²) < 4.78 is 6.53. The summed E-state index contributed by atoms with van der Waals surface area (Å²) >= 11 is 3.48. The van der Waals surface area contributed by atoms with E-state index < -0.39 is 9.74 Å². The highest BCUT2D eigenvalue weighted by molar-refractivity contribution is 9.10. The molecule has 1 aromatic heterocycles. The zero-order valence-electron chi connectivity index (χ0n) is 27.3. The second-order valence-corrected chi connectivity index (χ2v) is 16.0. The first-order valence-electron chi connectivity index (χ1n) is 16.4. The number of allylic oxidation sites excluding steroid dienone is 4. The highest BCUT2D eigenvalue weighted by Gasteiger charge is 2.42. The van der Waals surface area contributed by atoms with Gasteiger partial charge in [-0.15, -0.1) is 13.2 Å². The van der Waals surface area contributed by atoms with Gasteiger partial charge < -0.3 is 14.6 Å². The average molecular weight is 674 g/mol. The van der Waals surface area contributed by atoms with E-state index in [1.165, 1.54) is 28.9 Å². The molecule has 6 heteroatoms. The van der Waals surface area contributed by atoms with Gasteiger partial charge in [-0.3, -0.25) is 9.59 Å². The third kappa shape index (κ3) is 7.16. The number of hydrogen-bond acceptors (Lipinski definition) is 3. The Kier molecular flexibility index (Phi) is 10.1. The molecule has 5 rings (SSSR count). The van der Waals surface area contributed by atoms with Crippen molar-refractivity contribution in [1.82, 2.24) is 9.88 Å². The summed E-state index contributed by atoms with van der Waals surface area (Å²) in [6.07, 6.45) is 13.8. The van der Waals surface area contributed by atoms with Gasteiger partial charge in [-0.05, 0) is 86.7 Å². The van der Waals surface area contributed by atoms with E-state index in [0.717, 1.165) is 32.2 Å². The first kappa shape index (κ1) is 33.2. The van der Waals surface area contributed by atoms with Gasteiger partial charge in [-0.25, -0.2) is 0 Å². The lowest BCUT2D eigenvalue weighted by molar-refractivity contribution is -0.144. The molecule has 1 heterocycles. The van der Waals surface area contributed by atoms with Gasteiger partial charge in [0.05, 0.1) is 7.11 Å². The fourth-order valence-corrected chi connectivity index (χ4v) is 8.98. The molecule has 0 saturated heterocycles. The number of methoxy groups -OCH3 is 1. The van der Waals surface area contributed by atoms with Crippen molar-refractivity contribution < 1.29 is 14.3 Å². The van der Waals surface area contributed by atoms with Gasteiger partial charge in [0.2, 0.25) is 5.91 Å². The topological polar surface area (TPSA) is 60.3 Å². The normalized spacial score (nSPS) is 26.7. The number of alkyl halides is 1. The molecular formula is C39H49BrN2O3. The highest BCUT2D eigenvalue weighted by Crippen LogP contribution is 2.43. The summed E-state index contributed by atoms with van der Waals surface area (Å²) in [5, 5.41) is 5.87. The molecule has 2 aromatic carbocycles. The standard InChI is InChI=1S/C39H49BrN2O3/c1-7-26-19-29(30(20-26)23-41-36(43)38(3,4)25-39(5,40)37(44)45-6)18-17-27-21-28(8-2)31(22-27)24-42-34-15-11-9-13-32(34)33-14-10-12-16-35(33)42/h7-18,26-31H,1-2,19-25H2,3-6H3,(H,41,43)/b18-17-. The molecule has 1 amide bonds. The van der Waals surface area contributed by atoms with Crippen LogP contribution in [0.4, 0.5) is 0 Å². The van der Waals surface area contributed by atoms with Gasteiger partial charge in [0, 0.05) is 40.3 Å². The SMILES string of the molecule is C=CC1CC(/C=C\C2CC(C=C)C(Cn3c4ccccc4c4ccccc43)C2)C(CNC(=O)C(C)(C)CC(C)(Br)C(=O)OC)C1. The molecule has 0 bridgehead atoms. The summed E-state index contributed by atoms with van der Waals surface area (Å²) in [6.45, 7) is 15.5. The number of hydrogen-bond donors (Lipinski definition) is 1. The minimum absolute atomic E-state index is 0.0422. The number of rotatable bonds is 12. The lowest BCUT2D eigenvalue weighted by atomic mass is 9.82. The average Bonchev–Trinajstić information content (AvgIpc) is 3.71. The predicted molar refractivity (Wildman–Crippen MR) is 189 cm³/mol. The number of carbonyl (C=O) groups excluding carboxylic acids is 2. The van der Waals surface area contributed by atoms with Crippen LogP contribution in [0.15, 0.2) is 86.0 Å². The summed E-state index contributed by atoms with van der Waals surface area (Å²) in [5.41, 5.74) is 1.88. The molecule has 2 aliphatic carbocycles. The van der Waals surface area contributed by atoms with Gasteiger partial charge in [-0.1, -0.05) is 90.5 Å². The first-order valence-corrected chi connectivity index (χ1v) is 17.2. The fraction of sp³-hybridized carbons (Fsp3) is 0.487. The third-order valence-corrected chi connectivity index (χ3v) is 11.1. The Morgan fingerprint density at radius 3 is 2.09 bits per heavy atom.